The van der Waals surface area contributed by atoms with E-state index in [1.54, 1.807) is 18.0 Å². The maximum absolute atomic E-state index is 6.26. The van der Waals surface area contributed by atoms with Crippen LogP contribution in [-0.2, 0) is 0 Å². The molecule has 1 aromatic carbocycles. The van der Waals surface area contributed by atoms with Crippen molar-refractivity contribution in [3.8, 4) is 0 Å². The molecule has 0 amide bonds. The molecule has 2 N–H and O–H groups in total. The first-order valence-electron chi connectivity index (χ1n) is 6.39. The normalized spacial score (nSPS) is 14.0. The predicted molar refractivity (Wildman–Crippen MR) is 87.6 cm³/mol. The molecule has 20 heavy (non-hydrogen) atoms. The van der Waals surface area contributed by atoms with Crippen LogP contribution in [0.25, 0.3) is 0 Å². The summed E-state index contributed by atoms with van der Waals surface area (Å²) in [5.74, 6) is 0. The third-order valence-corrected chi connectivity index (χ3v) is 4.80. The lowest BCUT2D eigenvalue weighted by Gasteiger charge is -2.22. The lowest BCUT2D eigenvalue weighted by molar-refractivity contribution is 0.633. The first kappa shape index (κ1) is 15.6. The quantitative estimate of drug-likeness (QED) is 0.789. The van der Waals surface area contributed by atoms with Crippen LogP contribution in [0.5, 0.6) is 0 Å². The Morgan fingerprint density at radius 3 is 2.60 bits per heavy atom. The molecule has 2 atom stereocenters. The Balaban J connectivity index is 2.26. The molecule has 5 heteroatoms. The van der Waals surface area contributed by atoms with E-state index in [0.717, 1.165) is 22.0 Å². The molecule has 0 aliphatic carbocycles. The first-order valence-corrected chi connectivity index (χ1v) is 8.03. The fourth-order valence-electron chi connectivity index (χ4n) is 1.86. The maximum Gasteiger partial charge on any atom is 0.0967 e. The summed E-state index contributed by atoms with van der Waals surface area (Å²) in [7, 11) is 0. The number of nitrogens with zero attached hydrogens (tertiary/aromatic N) is 1. The molecule has 0 aliphatic heterocycles. The third kappa shape index (κ3) is 4.13. The van der Waals surface area contributed by atoms with Crippen LogP contribution in [0, 0.1) is 0 Å². The fourth-order valence-corrected chi connectivity index (χ4v) is 3.34. The molecule has 2 aromatic rings. The molecule has 2 nitrogen and oxygen atoms in total. The van der Waals surface area contributed by atoms with Gasteiger partial charge >= 0.3 is 0 Å². The van der Waals surface area contributed by atoms with Crippen molar-refractivity contribution in [2.75, 3.05) is 0 Å². The number of hydrogen-bond donors (Lipinski definition) is 1. The number of benzene rings is 1. The van der Waals surface area contributed by atoms with Gasteiger partial charge in [-0.15, -0.1) is 0 Å². The van der Waals surface area contributed by atoms with Gasteiger partial charge in [0.05, 0.1) is 15.3 Å². The van der Waals surface area contributed by atoms with Gasteiger partial charge in [0.25, 0.3) is 0 Å². The molecule has 0 aliphatic rings. The van der Waals surface area contributed by atoms with Gasteiger partial charge in [-0.2, -0.15) is 0 Å². The van der Waals surface area contributed by atoms with E-state index in [9.17, 15) is 0 Å². The number of hydrogen-bond acceptors (Lipinski definition) is 3. The van der Waals surface area contributed by atoms with Crippen LogP contribution < -0.4 is 5.73 Å². The Morgan fingerprint density at radius 2 is 2.00 bits per heavy atom. The van der Waals surface area contributed by atoms with Crippen LogP contribution >= 0.6 is 35.0 Å². The van der Waals surface area contributed by atoms with E-state index in [0.29, 0.717) is 5.02 Å². The van der Waals surface area contributed by atoms with Crippen molar-refractivity contribution in [2.45, 2.75) is 29.7 Å². The molecular weight excluding hydrogens is 311 g/mol. The highest BCUT2D eigenvalue weighted by Crippen LogP contribution is 2.38. The lowest BCUT2D eigenvalue weighted by atomic mass is 10.0. The van der Waals surface area contributed by atoms with Crippen molar-refractivity contribution in [3.63, 3.8) is 0 Å². The molecule has 2 unspecified atom stereocenters. The Hall–Kier alpha value is -0.740. The SMILES string of the molecule is CCC(N)C(Sc1ccc(Cl)cn1)c1cccc(Cl)c1. The molecule has 0 saturated heterocycles. The van der Waals surface area contributed by atoms with E-state index in [1.807, 2.05) is 30.3 Å². The monoisotopic (exact) mass is 326 g/mol. The van der Waals surface area contributed by atoms with E-state index in [2.05, 4.69) is 18.0 Å². The molecule has 0 fully saturated rings. The van der Waals surface area contributed by atoms with Crippen molar-refractivity contribution >= 4 is 35.0 Å². The molecule has 0 spiro atoms. The standard InChI is InChI=1S/C15H16Cl2N2S/c1-2-13(18)15(10-4-3-5-11(16)8-10)20-14-7-6-12(17)9-19-14/h3-9,13,15H,2,18H2,1H3. The molecule has 106 valence electrons. The minimum Gasteiger partial charge on any atom is -0.326 e. The topological polar surface area (TPSA) is 38.9 Å². The van der Waals surface area contributed by atoms with Gasteiger partial charge in [0.15, 0.2) is 0 Å². The van der Waals surface area contributed by atoms with Crippen LogP contribution in [0.4, 0.5) is 0 Å². The van der Waals surface area contributed by atoms with E-state index in [4.69, 9.17) is 28.9 Å². The van der Waals surface area contributed by atoms with Crippen molar-refractivity contribution in [3.05, 3.63) is 58.2 Å². The van der Waals surface area contributed by atoms with Gasteiger partial charge < -0.3 is 5.73 Å². The fraction of sp³-hybridized carbons (Fsp3) is 0.267. The highest BCUT2D eigenvalue weighted by atomic mass is 35.5. The summed E-state index contributed by atoms with van der Waals surface area (Å²) < 4.78 is 0. The average Bonchev–Trinajstić information content (AvgIpc) is 2.46. The van der Waals surface area contributed by atoms with Crippen LogP contribution in [0.2, 0.25) is 10.0 Å². The van der Waals surface area contributed by atoms with E-state index >= 15 is 0 Å². The van der Waals surface area contributed by atoms with Gasteiger partial charge in [0, 0.05) is 17.3 Å². The molecule has 1 heterocycles. The second kappa shape index (κ2) is 7.32. The maximum atomic E-state index is 6.26. The second-order valence-electron chi connectivity index (χ2n) is 4.48. The van der Waals surface area contributed by atoms with Crippen LogP contribution in [0.15, 0.2) is 47.6 Å². The summed E-state index contributed by atoms with van der Waals surface area (Å²) in [6.45, 7) is 2.08. The molecule has 2 rings (SSSR count). The number of rotatable bonds is 5. The zero-order chi connectivity index (χ0) is 14.5. The largest absolute Gasteiger partial charge is 0.326 e. The summed E-state index contributed by atoms with van der Waals surface area (Å²) in [4.78, 5) is 4.33. The number of aromatic nitrogens is 1. The highest BCUT2D eigenvalue weighted by Gasteiger charge is 2.20. The zero-order valence-electron chi connectivity index (χ0n) is 11.1. The van der Waals surface area contributed by atoms with Crippen molar-refractivity contribution in [1.29, 1.82) is 0 Å². The van der Waals surface area contributed by atoms with E-state index < -0.39 is 0 Å². The predicted octanol–water partition coefficient (Wildman–Crippen LogP) is 4.96. The lowest BCUT2D eigenvalue weighted by Crippen LogP contribution is -2.25. The number of halogens is 2. The third-order valence-electron chi connectivity index (χ3n) is 2.99. The summed E-state index contributed by atoms with van der Waals surface area (Å²) in [5, 5.41) is 2.38. The Kier molecular flexibility index (Phi) is 5.73. The Morgan fingerprint density at radius 1 is 1.20 bits per heavy atom. The van der Waals surface area contributed by atoms with Crippen LogP contribution in [0.1, 0.15) is 24.2 Å². The summed E-state index contributed by atoms with van der Waals surface area (Å²) in [6, 6.07) is 11.6. The smallest absolute Gasteiger partial charge is 0.0967 e. The van der Waals surface area contributed by atoms with E-state index in [1.165, 1.54) is 0 Å². The average molecular weight is 327 g/mol. The Labute approximate surface area is 133 Å². The van der Waals surface area contributed by atoms with E-state index in [-0.39, 0.29) is 11.3 Å². The van der Waals surface area contributed by atoms with Gasteiger partial charge in [-0.3, -0.25) is 0 Å². The number of nitrogens with two attached hydrogens (primary N) is 1. The van der Waals surface area contributed by atoms with Crippen LogP contribution in [0.3, 0.4) is 0 Å². The summed E-state index contributed by atoms with van der Waals surface area (Å²) in [5.41, 5.74) is 7.38. The zero-order valence-corrected chi connectivity index (χ0v) is 13.4. The molecular formula is C15H16Cl2N2S. The highest BCUT2D eigenvalue weighted by molar-refractivity contribution is 7.99. The minimum atomic E-state index is 0.0379. The first-order chi connectivity index (χ1) is 9.60. The van der Waals surface area contributed by atoms with Crippen LogP contribution in [-0.4, -0.2) is 11.0 Å². The summed E-state index contributed by atoms with van der Waals surface area (Å²) >= 11 is 13.6. The summed E-state index contributed by atoms with van der Waals surface area (Å²) in [6.07, 6.45) is 2.54. The van der Waals surface area contributed by atoms with Gasteiger partial charge in [0.2, 0.25) is 0 Å². The molecule has 0 saturated carbocycles. The Bertz CT molecular complexity index is 560. The molecule has 0 radical (unpaired) electrons. The molecule has 1 aromatic heterocycles. The molecule has 0 bridgehead atoms. The van der Waals surface area contributed by atoms with Gasteiger partial charge in [-0.1, -0.05) is 54.0 Å². The van der Waals surface area contributed by atoms with Gasteiger partial charge in [-0.05, 0) is 36.2 Å². The minimum absolute atomic E-state index is 0.0379. The van der Waals surface area contributed by atoms with Crippen molar-refractivity contribution < 1.29 is 0 Å². The second-order valence-corrected chi connectivity index (χ2v) is 6.51. The van der Waals surface area contributed by atoms with Gasteiger partial charge in [0.1, 0.15) is 0 Å². The van der Waals surface area contributed by atoms with Crippen molar-refractivity contribution in [2.24, 2.45) is 5.73 Å². The van der Waals surface area contributed by atoms with Crippen molar-refractivity contribution in [1.82, 2.24) is 4.98 Å². The number of thioether (sulfide) groups is 1. The van der Waals surface area contributed by atoms with Gasteiger partial charge in [-0.25, -0.2) is 4.98 Å². The number of pyridine rings is 1.